The van der Waals surface area contributed by atoms with Crippen LogP contribution < -0.4 is 10.1 Å². The number of ether oxygens (including phenoxy) is 1. The second kappa shape index (κ2) is 6.79. The molecule has 1 saturated carbocycles. The molecule has 0 bridgehead atoms. The van der Waals surface area contributed by atoms with E-state index in [4.69, 9.17) is 4.74 Å². The summed E-state index contributed by atoms with van der Waals surface area (Å²) in [5.74, 6) is 1.75. The second-order valence-electron chi connectivity index (χ2n) is 5.45. The van der Waals surface area contributed by atoms with Gasteiger partial charge in [-0.1, -0.05) is 38.3 Å². The molecule has 1 aliphatic rings. The first-order chi connectivity index (χ1) is 8.79. The molecule has 0 spiro atoms. The number of hydrogen-bond donors (Lipinski definition) is 1. The summed E-state index contributed by atoms with van der Waals surface area (Å²) in [4.78, 5) is 0. The van der Waals surface area contributed by atoms with E-state index in [1.807, 2.05) is 6.07 Å². The predicted octanol–water partition coefficient (Wildman–Crippen LogP) is 3.75. The number of rotatable bonds is 4. The average molecular weight is 247 g/mol. The van der Waals surface area contributed by atoms with Crippen LogP contribution in [0.4, 0.5) is 0 Å². The van der Waals surface area contributed by atoms with Gasteiger partial charge in [-0.25, -0.2) is 0 Å². The summed E-state index contributed by atoms with van der Waals surface area (Å²) in [6.07, 6.45) is 6.88. The lowest BCUT2D eigenvalue weighted by Crippen LogP contribution is -2.33. The molecule has 2 nitrogen and oxygen atoms in total. The minimum absolute atomic E-state index is 0.679. The van der Waals surface area contributed by atoms with E-state index >= 15 is 0 Å². The van der Waals surface area contributed by atoms with Crippen molar-refractivity contribution < 1.29 is 4.74 Å². The lowest BCUT2D eigenvalue weighted by molar-refractivity contribution is 0.355. The first kappa shape index (κ1) is 13.4. The molecule has 2 rings (SSSR count). The predicted molar refractivity (Wildman–Crippen MR) is 75.9 cm³/mol. The lowest BCUT2D eigenvalue weighted by atomic mass is 9.97. The van der Waals surface area contributed by atoms with E-state index in [0.717, 1.165) is 18.2 Å². The third-order valence-corrected chi connectivity index (χ3v) is 4.06. The second-order valence-corrected chi connectivity index (χ2v) is 5.45. The quantitative estimate of drug-likeness (QED) is 0.818. The third-order valence-electron chi connectivity index (χ3n) is 4.06. The van der Waals surface area contributed by atoms with Crippen molar-refractivity contribution in [3.8, 4) is 5.75 Å². The molecular weight excluding hydrogens is 222 g/mol. The molecule has 1 aliphatic carbocycles. The Morgan fingerprint density at radius 1 is 1.22 bits per heavy atom. The summed E-state index contributed by atoms with van der Waals surface area (Å²) < 4.78 is 5.26. The molecule has 1 fully saturated rings. The number of benzene rings is 1. The molecule has 2 unspecified atom stereocenters. The van der Waals surface area contributed by atoms with E-state index in [0.29, 0.717) is 6.04 Å². The van der Waals surface area contributed by atoms with Gasteiger partial charge in [0.2, 0.25) is 0 Å². The van der Waals surface area contributed by atoms with Gasteiger partial charge in [-0.05, 0) is 36.5 Å². The van der Waals surface area contributed by atoms with E-state index in [1.54, 1.807) is 7.11 Å². The van der Waals surface area contributed by atoms with Gasteiger partial charge in [0.15, 0.2) is 0 Å². The fourth-order valence-corrected chi connectivity index (χ4v) is 2.83. The van der Waals surface area contributed by atoms with Gasteiger partial charge in [0, 0.05) is 12.6 Å². The van der Waals surface area contributed by atoms with Crippen molar-refractivity contribution in [3.05, 3.63) is 29.8 Å². The molecule has 0 aromatic heterocycles. The molecule has 0 heterocycles. The van der Waals surface area contributed by atoms with E-state index < -0.39 is 0 Å². The minimum atomic E-state index is 0.679. The molecule has 0 amide bonds. The first-order valence-corrected chi connectivity index (χ1v) is 7.16. The lowest BCUT2D eigenvalue weighted by Gasteiger charge is -2.23. The Labute approximate surface area is 111 Å². The van der Waals surface area contributed by atoms with Crippen molar-refractivity contribution in [2.45, 2.75) is 51.6 Å². The van der Waals surface area contributed by atoms with Crippen LogP contribution in [0.2, 0.25) is 0 Å². The van der Waals surface area contributed by atoms with Gasteiger partial charge in [0.05, 0.1) is 7.11 Å². The summed E-state index contributed by atoms with van der Waals surface area (Å²) in [5.41, 5.74) is 1.31. The summed E-state index contributed by atoms with van der Waals surface area (Å²) in [5, 5.41) is 3.72. The van der Waals surface area contributed by atoms with Crippen LogP contribution in [0.15, 0.2) is 24.3 Å². The highest BCUT2D eigenvalue weighted by atomic mass is 16.5. The van der Waals surface area contributed by atoms with E-state index in [-0.39, 0.29) is 0 Å². The SMILES string of the molecule is COc1cccc(CNC2CCCCCC2C)c1. The Bertz CT molecular complexity index is 364. The van der Waals surface area contributed by atoms with Crippen LogP contribution >= 0.6 is 0 Å². The van der Waals surface area contributed by atoms with E-state index in [2.05, 4.69) is 30.4 Å². The smallest absolute Gasteiger partial charge is 0.119 e. The molecule has 1 aromatic carbocycles. The highest BCUT2D eigenvalue weighted by molar-refractivity contribution is 5.28. The van der Waals surface area contributed by atoms with Crippen LogP contribution in [0, 0.1) is 5.92 Å². The zero-order chi connectivity index (χ0) is 12.8. The third kappa shape index (κ3) is 3.74. The van der Waals surface area contributed by atoms with E-state index in [1.165, 1.54) is 37.7 Å². The Morgan fingerprint density at radius 3 is 2.89 bits per heavy atom. The van der Waals surface area contributed by atoms with Crippen molar-refractivity contribution >= 4 is 0 Å². The Morgan fingerprint density at radius 2 is 2.06 bits per heavy atom. The highest BCUT2D eigenvalue weighted by Crippen LogP contribution is 2.23. The Balaban J connectivity index is 1.89. The maximum absolute atomic E-state index is 5.26. The van der Waals surface area contributed by atoms with Gasteiger partial charge in [-0.2, -0.15) is 0 Å². The molecule has 0 radical (unpaired) electrons. The summed E-state index contributed by atoms with van der Waals surface area (Å²) in [6.45, 7) is 3.33. The van der Waals surface area contributed by atoms with E-state index in [9.17, 15) is 0 Å². The van der Waals surface area contributed by atoms with Crippen molar-refractivity contribution in [1.29, 1.82) is 0 Å². The van der Waals surface area contributed by atoms with Crippen LogP contribution in [-0.2, 0) is 6.54 Å². The fourth-order valence-electron chi connectivity index (χ4n) is 2.83. The van der Waals surface area contributed by atoms with Crippen molar-refractivity contribution in [1.82, 2.24) is 5.32 Å². The van der Waals surface area contributed by atoms with Crippen LogP contribution in [0.25, 0.3) is 0 Å². The van der Waals surface area contributed by atoms with Gasteiger partial charge in [-0.3, -0.25) is 0 Å². The van der Waals surface area contributed by atoms with Gasteiger partial charge in [0.25, 0.3) is 0 Å². The molecule has 100 valence electrons. The largest absolute Gasteiger partial charge is 0.497 e. The zero-order valence-corrected chi connectivity index (χ0v) is 11.6. The molecule has 2 atom stereocenters. The molecule has 1 aromatic rings. The van der Waals surface area contributed by atoms with Gasteiger partial charge in [0.1, 0.15) is 5.75 Å². The maximum Gasteiger partial charge on any atom is 0.119 e. The molecule has 18 heavy (non-hydrogen) atoms. The average Bonchev–Trinajstić information content (AvgIpc) is 2.61. The number of hydrogen-bond acceptors (Lipinski definition) is 2. The summed E-state index contributed by atoms with van der Waals surface area (Å²) in [6, 6.07) is 9.02. The maximum atomic E-state index is 5.26. The minimum Gasteiger partial charge on any atom is -0.497 e. The number of methoxy groups -OCH3 is 1. The summed E-state index contributed by atoms with van der Waals surface area (Å²) in [7, 11) is 1.72. The van der Waals surface area contributed by atoms with Crippen molar-refractivity contribution in [2.75, 3.05) is 7.11 Å². The fraction of sp³-hybridized carbons (Fsp3) is 0.625. The topological polar surface area (TPSA) is 21.3 Å². The van der Waals surface area contributed by atoms with Gasteiger partial charge >= 0.3 is 0 Å². The molecule has 1 N–H and O–H groups in total. The number of nitrogens with one attached hydrogen (secondary N) is 1. The van der Waals surface area contributed by atoms with Crippen LogP contribution in [0.1, 0.15) is 44.6 Å². The van der Waals surface area contributed by atoms with Gasteiger partial charge < -0.3 is 10.1 Å². The van der Waals surface area contributed by atoms with Crippen LogP contribution in [0.3, 0.4) is 0 Å². The van der Waals surface area contributed by atoms with Crippen LogP contribution in [-0.4, -0.2) is 13.2 Å². The first-order valence-electron chi connectivity index (χ1n) is 7.16. The Kier molecular flexibility index (Phi) is 5.06. The molecule has 2 heteroatoms. The standard InChI is InChI=1S/C16H25NO/c1-13-7-4-3-5-10-16(13)17-12-14-8-6-9-15(11-14)18-2/h6,8-9,11,13,16-17H,3-5,7,10,12H2,1-2H3. The van der Waals surface area contributed by atoms with Crippen molar-refractivity contribution in [2.24, 2.45) is 5.92 Å². The Hall–Kier alpha value is -1.02. The zero-order valence-electron chi connectivity index (χ0n) is 11.6. The highest BCUT2D eigenvalue weighted by Gasteiger charge is 2.18. The normalized spacial score (nSPS) is 24.6. The molecule has 0 aliphatic heterocycles. The molecular formula is C16H25NO. The monoisotopic (exact) mass is 247 g/mol. The summed E-state index contributed by atoms with van der Waals surface area (Å²) >= 11 is 0. The molecule has 0 saturated heterocycles. The van der Waals surface area contributed by atoms with Gasteiger partial charge in [-0.15, -0.1) is 0 Å². The van der Waals surface area contributed by atoms with Crippen molar-refractivity contribution in [3.63, 3.8) is 0 Å². The van der Waals surface area contributed by atoms with Crippen LogP contribution in [0.5, 0.6) is 5.75 Å².